The maximum atomic E-state index is 11.7. The van der Waals surface area contributed by atoms with E-state index in [1.807, 2.05) is 18.3 Å². The Morgan fingerprint density at radius 2 is 2.14 bits per heavy atom. The molecule has 1 saturated heterocycles. The van der Waals surface area contributed by atoms with Gasteiger partial charge in [-0.15, -0.1) is 0 Å². The predicted molar refractivity (Wildman–Crippen MR) is 83.7 cm³/mol. The Kier molecular flexibility index (Phi) is 6.43. The highest BCUT2D eigenvalue weighted by Crippen LogP contribution is 2.19. The molecule has 0 bridgehead atoms. The molecule has 6 nitrogen and oxygen atoms in total. The molecule has 0 aliphatic carbocycles. The van der Waals surface area contributed by atoms with Gasteiger partial charge in [-0.25, -0.2) is 4.98 Å². The van der Waals surface area contributed by atoms with Crippen molar-refractivity contribution in [1.82, 2.24) is 10.3 Å². The first-order chi connectivity index (χ1) is 10.3. The average molecular weight is 292 g/mol. The summed E-state index contributed by atoms with van der Waals surface area (Å²) in [7, 11) is 1.63. The minimum Gasteiger partial charge on any atom is -0.383 e. The van der Waals surface area contributed by atoms with Crippen molar-refractivity contribution < 1.29 is 9.53 Å². The molecular weight excluding hydrogens is 268 g/mol. The molecule has 0 aromatic carbocycles. The number of carbonyl (C=O) groups excluding carboxylic acids is 1. The van der Waals surface area contributed by atoms with Gasteiger partial charge in [0, 0.05) is 26.7 Å². The second-order valence-corrected chi connectivity index (χ2v) is 5.17. The van der Waals surface area contributed by atoms with Crippen molar-refractivity contribution in [3.63, 3.8) is 0 Å². The molecule has 0 saturated carbocycles. The highest BCUT2D eigenvalue weighted by atomic mass is 16.5. The van der Waals surface area contributed by atoms with E-state index in [0.717, 1.165) is 18.8 Å². The third-order valence-corrected chi connectivity index (χ3v) is 3.51. The van der Waals surface area contributed by atoms with E-state index in [1.165, 1.54) is 19.3 Å². The maximum absolute atomic E-state index is 11.7. The molecule has 1 aliphatic heterocycles. The van der Waals surface area contributed by atoms with Gasteiger partial charge < -0.3 is 20.3 Å². The van der Waals surface area contributed by atoms with E-state index in [-0.39, 0.29) is 12.5 Å². The van der Waals surface area contributed by atoms with Gasteiger partial charge in [0.2, 0.25) is 5.91 Å². The van der Waals surface area contributed by atoms with Gasteiger partial charge in [0.1, 0.15) is 5.82 Å². The smallest absolute Gasteiger partial charge is 0.239 e. The lowest BCUT2D eigenvalue weighted by atomic mass is 10.1. The van der Waals surface area contributed by atoms with E-state index >= 15 is 0 Å². The highest BCUT2D eigenvalue weighted by molar-refractivity contribution is 5.91. The topological polar surface area (TPSA) is 66.5 Å². The molecule has 1 fully saturated rings. The van der Waals surface area contributed by atoms with Crippen molar-refractivity contribution in [3.05, 3.63) is 18.3 Å². The van der Waals surface area contributed by atoms with Crippen LogP contribution in [0.15, 0.2) is 18.3 Å². The summed E-state index contributed by atoms with van der Waals surface area (Å²) in [4.78, 5) is 18.4. The zero-order valence-corrected chi connectivity index (χ0v) is 12.6. The Balaban J connectivity index is 1.77. The lowest BCUT2D eigenvalue weighted by Gasteiger charge is -2.28. The second-order valence-electron chi connectivity index (χ2n) is 5.17. The Hall–Kier alpha value is -1.66. The molecule has 1 aromatic rings. The summed E-state index contributed by atoms with van der Waals surface area (Å²) in [5.74, 6) is 0.499. The van der Waals surface area contributed by atoms with Gasteiger partial charge in [-0.1, -0.05) is 0 Å². The van der Waals surface area contributed by atoms with E-state index in [4.69, 9.17) is 4.74 Å². The number of methoxy groups -OCH3 is 1. The number of rotatable bonds is 7. The number of hydrogen-bond donors (Lipinski definition) is 2. The zero-order chi connectivity index (χ0) is 14.9. The number of carbonyl (C=O) groups is 1. The van der Waals surface area contributed by atoms with Gasteiger partial charge in [0.05, 0.1) is 25.0 Å². The number of hydrogen-bond acceptors (Lipinski definition) is 5. The molecule has 0 atom stereocenters. The van der Waals surface area contributed by atoms with Crippen molar-refractivity contribution >= 4 is 17.4 Å². The SMILES string of the molecule is COCCNCC(=O)Nc1ccc(N2CCCCC2)cn1. The Morgan fingerprint density at radius 3 is 2.81 bits per heavy atom. The van der Waals surface area contributed by atoms with Crippen LogP contribution in [-0.2, 0) is 9.53 Å². The first-order valence-corrected chi connectivity index (χ1v) is 7.50. The van der Waals surface area contributed by atoms with Gasteiger partial charge >= 0.3 is 0 Å². The normalized spacial score (nSPS) is 15.0. The van der Waals surface area contributed by atoms with Crippen LogP contribution in [0.25, 0.3) is 0 Å². The second kappa shape index (κ2) is 8.59. The van der Waals surface area contributed by atoms with Crippen LogP contribution < -0.4 is 15.5 Å². The number of aromatic nitrogens is 1. The van der Waals surface area contributed by atoms with Crippen LogP contribution in [0.1, 0.15) is 19.3 Å². The molecule has 6 heteroatoms. The average Bonchev–Trinajstić information content (AvgIpc) is 2.53. The molecule has 1 amide bonds. The standard InChI is InChI=1S/C15H24N4O2/c1-21-10-7-16-12-15(20)18-14-6-5-13(11-17-14)19-8-3-2-4-9-19/h5-6,11,16H,2-4,7-10,12H2,1H3,(H,17,18,20). The first-order valence-electron chi connectivity index (χ1n) is 7.50. The highest BCUT2D eigenvalue weighted by Gasteiger charge is 2.11. The van der Waals surface area contributed by atoms with Crippen molar-refractivity contribution in [2.45, 2.75) is 19.3 Å². The fourth-order valence-electron chi connectivity index (χ4n) is 2.36. The maximum Gasteiger partial charge on any atom is 0.239 e. The van der Waals surface area contributed by atoms with Crippen LogP contribution in [0.2, 0.25) is 0 Å². The summed E-state index contributed by atoms with van der Waals surface area (Å²) in [5, 5.41) is 5.77. The Bertz CT molecular complexity index is 430. The van der Waals surface area contributed by atoms with Crippen molar-refractivity contribution in [2.75, 3.05) is 50.1 Å². The zero-order valence-electron chi connectivity index (χ0n) is 12.6. The van der Waals surface area contributed by atoms with E-state index in [9.17, 15) is 4.79 Å². The number of pyridine rings is 1. The van der Waals surface area contributed by atoms with E-state index in [2.05, 4.69) is 20.5 Å². The lowest BCUT2D eigenvalue weighted by Crippen LogP contribution is -2.31. The minimum absolute atomic E-state index is 0.0932. The summed E-state index contributed by atoms with van der Waals surface area (Å²) in [6.07, 6.45) is 5.63. The molecular formula is C15H24N4O2. The van der Waals surface area contributed by atoms with Crippen molar-refractivity contribution in [2.24, 2.45) is 0 Å². The van der Waals surface area contributed by atoms with Crippen molar-refractivity contribution in [1.29, 1.82) is 0 Å². The summed E-state index contributed by atoms with van der Waals surface area (Å²) in [5.41, 5.74) is 1.13. The molecule has 1 aromatic heterocycles. The summed E-state index contributed by atoms with van der Waals surface area (Å²) >= 11 is 0. The molecule has 0 spiro atoms. The molecule has 2 heterocycles. The van der Waals surface area contributed by atoms with Gasteiger partial charge in [0.25, 0.3) is 0 Å². The number of anilines is 2. The number of nitrogens with zero attached hydrogens (tertiary/aromatic N) is 2. The van der Waals surface area contributed by atoms with E-state index in [0.29, 0.717) is 19.0 Å². The quantitative estimate of drug-likeness (QED) is 0.740. The Morgan fingerprint density at radius 1 is 1.33 bits per heavy atom. The fourth-order valence-corrected chi connectivity index (χ4v) is 2.36. The van der Waals surface area contributed by atoms with Crippen LogP contribution in [0, 0.1) is 0 Å². The minimum atomic E-state index is -0.0932. The third-order valence-electron chi connectivity index (χ3n) is 3.51. The molecule has 21 heavy (non-hydrogen) atoms. The number of ether oxygens (including phenoxy) is 1. The van der Waals surface area contributed by atoms with E-state index in [1.54, 1.807) is 7.11 Å². The third kappa shape index (κ3) is 5.32. The van der Waals surface area contributed by atoms with Gasteiger partial charge in [0.15, 0.2) is 0 Å². The molecule has 2 rings (SSSR count). The van der Waals surface area contributed by atoms with Crippen molar-refractivity contribution in [3.8, 4) is 0 Å². The van der Waals surface area contributed by atoms with Crippen LogP contribution in [0.5, 0.6) is 0 Å². The summed E-state index contributed by atoms with van der Waals surface area (Å²) in [6.45, 7) is 3.70. The van der Waals surface area contributed by atoms with Crippen LogP contribution in [0.3, 0.4) is 0 Å². The molecule has 1 aliphatic rings. The van der Waals surface area contributed by atoms with Crippen LogP contribution >= 0.6 is 0 Å². The Labute approximate surface area is 125 Å². The van der Waals surface area contributed by atoms with Gasteiger partial charge in [-0.2, -0.15) is 0 Å². The van der Waals surface area contributed by atoms with Crippen LogP contribution in [-0.4, -0.2) is 50.8 Å². The molecule has 0 unspecified atom stereocenters. The first kappa shape index (κ1) is 15.7. The number of nitrogens with one attached hydrogen (secondary N) is 2. The fraction of sp³-hybridized carbons (Fsp3) is 0.600. The van der Waals surface area contributed by atoms with E-state index < -0.39 is 0 Å². The summed E-state index contributed by atoms with van der Waals surface area (Å²) < 4.78 is 4.90. The predicted octanol–water partition coefficient (Wildman–Crippen LogP) is 1.25. The monoisotopic (exact) mass is 292 g/mol. The number of amides is 1. The lowest BCUT2D eigenvalue weighted by molar-refractivity contribution is -0.115. The van der Waals surface area contributed by atoms with Crippen LogP contribution in [0.4, 0.5) is 11.5 Å². The molecule has 2 N–H and O–H groups in total. The number of piperidine rings is 1. The van der Waals surface area contributed by atoms with Gasteiger partial charge in [-0.05, 0) is 31.4 Å². The molecule has 116 valence electrons. The van der Waals surface area contributed by atoms with Gasteiger partial charge in [-0.3, -0.25) is 4.79 Å². The largest absolute Gasteiger partial charge is 0.383 e. The molecule has 0 radical (unpaired) electrons. The summed E-state index contributed by atoms with van der Waals surface area (Å²) in [6, 6.07) is 3.88.